The molecule has 7 heteroatoms. The average molecular weight is 457 g/mol. The average Bonchev–Trinajstić information content (AvgIpc) is 3.12. The molecule has 0 spiro atoms. The minimum atomic E-state index is -0.301. The van der Waals surface area contributed by atoms with E-state index in [1.165, 1.54) is 12.1 Å². The van der Waals surface area contributed by atoms with E-state index in [1.807, 2.05) is 31.6 Å². The molecule has 1 atom stereocenters. The van der Waals surface area contributed by atoms with Gasteiger partial charge in [-0.1, -0.05) is 15.9 Å². The van der Waals surface area contributed by atoms with Crippen molar-refractivity contribution in [1.82, 2.24) is 14.5 Å². The van der Waals surface area contributed by atoms with Crippen molar-refractivity contribution >= 4 is 37.9 Å². The van der Waals surface area contributed by atoms with Crippen LogP contribution in [0.1, 0.15) is 31.4 Å². The maximum atomic E-state index is 13.4. The van der Waals surface area contributed by atoms with Gasteiger partial charge in [-0.3, -0.25) is 4.98 Å². The Hall–Kier alpha value is -2.51. The van der Waals surface area contributed by atoms with Crippen molar-refractivity contribution in [2.45, 2.75) is 32.4 Å². The fourth-order valence-corrected chi connectivity index (χ4v) is 3.83. The van der Waals surface area contributed by atoms with E-state index in [0.717, 1.165) is 45.8 Å². The monoisotopic (exact) mass is 456 g/mol. The summed E-state index contributed by atoms with van der Waals surface area (Å²) in [5, 5.41) is 1.08. The van der Waals surface area contributed by atoms with Gasteiger partial charge in [0.15, 0.2) is 0 Å². The Kier molecular flexibility index (Phi) is 5.78. The van der Waals surface area contributed by atoms with Crippen LogP contribution in [0.5, 0.6) is 5.75 Å². The largest absolute Gasteiger partial charge is 0.493 e. The Morgan fingerprint density at radius 1 is 1.14 bits per heavy atom. The van der Waals surface area contributed by atoms with Crippen molar-refractivity contribution in [3.8, 4) is 5.75 Å². The van der Waals surface area contributed by atoms with Crippen LogP contribution in [0.4, 0.5) is 4.39 Å². The van der Waals surface area contributed by atoms with Crippen LogP contribution in [-0.4, -0.2) is 21.1 Å². The summed E-state index contributed by atoms with van der Waals surface area (Å²) in [4.78, 5) is 8.97. The third-order valence-electron chi connectivity index (χ3n) is 4.92. The van der Waals surface area contributed by atoms with Gasteiger partial charge in [-0.25, -0.2) is 9.37 Å². The lowest BCUT2D eigenvalue weighted by atomic mass is 10.1. The standard InChI is InChI=1S/C22H22BrFN4O/c1-14(25)17-11-16(24)5-7-21(17)29-9-3-2-8-28-13-27-20-12-26-19-6-4-15(23)10-18(19)22(20)28/h4-7,10-14H,2-3,8-9,25H2,1H3. The summed E-state index contributed by atoms with van der Waals surface area (Å²) >= 11 is 3.54. The summed E-state index contributed by atoms with van der Waals surface area (Å²) in [5.74, 6) is 0.349. The highest BCUT2D eigenvalue weighted by Gasteiger charge is 2.11. The van der Waals surface area contributed by atoms with Crippen molar-refractivity contribution in [1.29, 1.82) is 0 Å². The highest BCUT2D eigenvalue weighted by atomic mass is 79.9. The van der Waals surface area contributed by atoms with E-state index in [9.17, 15) is 4.39 Å². The molecular weight excluding hydrogens is 435 g/mol. The van der Waals surface area contributed by atoms with Crippen molar-refractivity contribution in [2.75, 3.05) is 6.61 Å². The topological polar surface area (TPSA) is 66.0 Å². The van der Waals surface area contributed by atoms with Gasteiger partial charge in [0.1, 0.15) is 17.1 Å². The number of unbranched alkanes of at least 4 members (excludes halogenated alkanes) is 1. The molecule has 2 N–H and O–H groups in total. The zero-order valence-electron chi connectivity index (χ0n) is 16.1. The van der Waals surface area contributed by atoms with Gasteiger partial charge in [0.2, 0.25) is 0 Å². The molecule has 0 aliphatic carbocycles. The van der Waals surface area contributed by atoms with Crippen LogP contribution in [-0.2, 0) is 6.54 Å². The fourth-order valence-electron chi connectivity index (χ4n) is 3.47. The molecule has 2 aromatic carbocycles. The number of nitrogens with zero attached hydrogens (tertiary/aromatic N) is 3. The van der Waals surface area contributed by atoms with E-state index in [2.05, 4.69) is 36.5 Å². The van der Waals surface area contributed by atoms with Gasteiger partial charge in [0.05, 0.1) is 30.2 Å². The van der Waals surface area contributed by atoms with Gasteiger partial charge in [-0.2, -0.15) is 0 Å². The molecule has 29 heavy (non-hydrogen) atoms. The molecule has 2 aromatic heterocycles. The molecule has 0 saturated heterocycles. The lowest BCUT2D eigenvalue weighted by Gasteiger charge is -2.14. The zero-order chi connectivity index (χ0) is 20.4. The Labute approximate surface area is 176 Å². The van der Waals surface area contributed by atoms with Crippen LogP contribution < -0.4 is 10.5 Å². The first-order valence-electron chi connectivity index (χ1n) is 9.60. The molecule has 0 aliphatic heterocycles. The molecule has 2 heterocycles. The fraction of sp³-hybridized carbons (Fsp3) is 0.273. The Morgan fingerprint density at radius 2 is 2.00 bits per heavy atom. The van der Waals surface area contributed by atoms with E-state index in [0.29, 0.717) is 17.9 Å². The number of pyridine rings is 1. The Morgan fingerprint density at radius 3 is 2.83 bits per heavy atom. The highest BCUT2D eigenvalue weighted by molar-refractivity contribution is 9.10. The minimum absolute atomic E-state index is 0.278. The number of hydrogen-bond acceptors (Lipinski definition) is 4. The molecule has 0 radical (unpaired) electrons. The summed E-state index contributed by atoms with van der Waals surface area (Å²) in [5.41, 5.74) is 9.54. The molecule has 0 amide bonds. The first-order chi connectivity index (χ1) is 14.0. The van der Waals surface area contributed by atoms with E-state index < -0.39 is 0 Å². The van der Waals surface area contributed by atoms with E-state index in [1.54, 1.807) is 6.07 Å². The normalized spacial score (nSPS) is 12.6. The number of ether oxygens (including phenoxy) is 1. The summed E-state index contributed by atoms with van der Waals surface area (Å²) < 4.78 is 22.5. The van der Waals surface area contributed by atoms with Gasteiger partial charge in [-0.05, 0) is 56.2 Å². The van der Waals surface area contributed by atoms with Gasteiger partial charge in [-0.15, -0.1) is 0 Å². The quantitative estimate of drug-likeness (QED) is 0.379. The second kappa shape index (κ2) is 8.47. The van der Waals surface area contributed by atoms with Crippen molar-refractivity contribution in [2.24, 2.45) is 5.73 Å². The zero-order valence-corrected chi connectivity index (χ0v) is 17.7. The van der Waals surface area contributed by atoms with Gasteiger partial charge < -0.3 is 15.0 Å². The number of rotatable bonds is 7. The Balaban J connectivity index is 1.42. The SMILES string of the molecule is CC(N)c1cc(F)ccc1OCCCCn1cnc2cnc3ccc(Br)cc3c21. The molecule has 0 bridgehead atoms. The first-order valence-corrected chi connectivity index (χ1v) is 10.4. The Bertz CT molecular complexity index is 1160. The molecular formula is C22H22BrFN4O. The third-order valence-corrected chi connectivity index (χ3v) is 5.41. The van der Waals surface area contributed by atoms with Gasteiger partial charge in [0.25, 0.3) is 0 Å². The number of fused-ring (bicyclic) bond motifs is 3. The summed E-state index contributed by atoms with van der Waals surface area (Å²) in [7, 11) is 0. The van der Waals surface area contributed by atoms with Crippen LogP contribution in [0, 0.1) is 5.82 Å². The van der Waals surface area contributed by atoms with Gasteiger partial charge in [0, 0.05) is 28.0 Å². The highest BCUT2D eigenvalue weighted by Crippen LogP contribution is 2.27. The molecule has 0 fully saturated rings. The van der Waals surface area contributed by atoms with E-state index in [4.69, 9.17) is 10.5 Å². The van der Waals surface area contributed by atoms with Crippen LogP contribution >= 0.6 is 15.9 Å². The van der Waals surface area contributed by atoms with Crippen molar-refractivity contribution in [3.05, 3.63) is 64.8 Å². The maximum Gasteiger partial charge on any atom is 0.124 e. The number of imidazole rings is 1. The number of aryl methyl sites for hydroxylation is 1. The second-order valence-electron chi connectivity index (χ2n) is 7.12. The van der Waals surface area contributed by atoms with Gasteiger partial charge >= 0.3 is 0 Å². The second-order valence-corrected chi connectivity index (χ2v) is 8.03. The molecule has 0 saturated carbocycles. The summed E-state index contributed by atoms with van der Waals surface area (Å²) in [6, 6.07) is 10.3. The summed E-state index contributed by atoms with van der Waals surface area (Å²) in [6.07, 6.45) is 5.47. The number of aromatic nitrogens is 3. The third kappa shape index (κ3) is 4.26. The van der Waals surface area contributed by atoms with E-state index in [-0.39, 0.29) is 11.9 Å². The molecule has 150 valence electrons. The minimum Gasteiger partial charge on any atom is -0.493 e. The van der Waals surface area contributed by atoms with E-state index >= 15 is 0 Å². The predicted octanol–water partition coefficient (Wildman–Crippen LogP) is 5.37. The number of halogens is 2. The lowest BCUT2D eigenvalue weighted by Crippen LogP contribution is -2.09. The molecule has 1 unspecified atom stereocenters. The number of nitrogens with two attached hydrogens (primary N) is 1. The molecule has 4 aromatic rings. The van der Waals surface area contributed by atoms with Crippen LogP contribution in [0.3, 0.4) is 0 Å². The van der Waals surface area contributed by atoms with Crippen LogP contribution in [0.15, 0.2) is 53.4 Å². The molecule has 5 nitrogen and oxygen atoms in total. The first kappa shape index (κ1) is 19.8. The molecule has 4 rings (SSSR count). The van der Waals surface area contributed by atoms with Crippen LogP contribution in [0.25, 0.3) is 21.9 Å². The molecule has 0 aliphatic rings. The van der Waals surface area contributed by atoms with Crippen LogP contribution in [0.2, 0.25) is 0 Å². The van der Waals surface area contributed by atoms with Crippen molar-refractivity contribution in [3.63, 3.8) is 0 Å². The smallest absolute Gasteiger partial charge is 0.124 e. The predicted molar refractivity (Wildman–Crippen MR) is 116 cm³/mol. The number of benzene rings is 2. The maximum absolute atomic E-state index is 13.4. The van der Waals surface area contributed by atoms with Crippen molar-refractivity contribution < 1.29 is 9.13 Å². The lowest BCUT2D eigenvalue weighted by molar-refractivity contribution is 0.299. The number of hydrogen-bond donors (Lipinski definition) is 1. The summed E-state index contributed by atoms with van der Waals surface area (Å²) in [6.45, 7) is 3.20.